The van der Waals surface area contributed by atoms with Gasteiger partial charge in [0.1, 0.15) is 5.31 Å². The topological polar surface area (TPSA) is 72.8 Å². The SMILES string of the molecule is C=C(C(=O)OCC)P(=O)(O)OC. The lowest BCUT2D eigenvalue weighted by Crippen LogP contribution is -2.07. The molecule has 0 bridgehead atoms. The second kappa shape index (κ2) is 4.40. The van der Waals surface area contributed by atoms with Crippen molar-refractivity contribution in [3.63, 3.8) is 0 Å². The van der Waals surface area contributed by atoms with Gasteiger partial charge >= 0.3 is 13.6 Å². The number of esters is 1. The number of ether oxygens (including phenoxy) is 1. The fourth-order valence-corrected chi connectivity index (χ4v) is 0.956. The first kappa shape index (κ1) is 11.4. The van der Waals surface area contributed by atoms with Gasteiger partial charge in [-0.25, -0.2) is 4.79 Å². The fraction of sp³-hybridized carbons (Fsp3) is 0.500. The van der Waals surface area contributed by atoms with E-state index in [4.69, 9.17) is 4.89 Å². The van der Waals surface area contributed by atoms with Gasteiger partial charge in [-0.05, 0) is 6.92 Å². The van der Waals surface area contributed by atoms with Crippen LogP contribution in [0.4, 0.5) is 0 Å². The fourth-order valence-electron chi connectivity index (χ4n) is 0.440. The Balaban J connectivity index is 4.40. The van der Waals surface area contributed by atoms with E-state index in [1.807, 2.05) is 0 Å². The molecule has 0 spiro atoms. The largest absolute Gasteiger partial charge is 0.462 e. The Morgan fingerprint density at radius 3 is 2.50 bits per heavy atom. The van der Waals surface area contributed by atoms with Crippen LogP contribution in [-0.2, 0) is 18.6 Å². The van der Waals surface area contributed by atoms with E-state index in [1.54, 1.807) is 6.92 Å². The van der Waals surface area contributed by atoms with Crippen molar-refractivity contribution < 1.29 is 23.5 Å². The molecule has 1 atom stereocenters. The van der Waals surface area contributed by atoms with E-state index in [0.717, 1.165) is 7.11 Å². The van der Waals surface area contributed by atoms with Gasteiger partial charge in [-0.2, -0.15) is 0 Å². The molecule has 0 aliphatic heterocycles. The molecule has 1 N–H and O–H groups in total. The van der Waals surface area contributed by atoms with Crippen molar-refractivity contribution in [3.05, 3.63) is 11.9 Å². The molecule has 0 fully saturated rings. The maximum atomic E-state index is 10.9. The summed E-state index contributed by atoms with van der Waals surface area (Å²) in [5, 5.41) is -0.549. The van der Waals surface area contributed by atoms with Crippen LogP contribution >= 0.6 is 7.60 Å². The van der Waals surface area contributed by atoms with Gasteiger partial charge in [-0.3, -0.25) is 4.57 Å². The highest BCUT2D eigenvalue weighted by atomic mass is 31.2. The molecule has 0 aromatic rings. The first-order valence-corrected chi connectivity index (χ1v) is 4.78. The minimum absolute atomic E-state index is 0.127. The van der Waals surface area contributed by atoms with Crippen molar-refractivity contribution >= 4 is 13.6 Å². The molecule has 0 saturated heterocycles. The zero-order valence-electron chi connectivity index (χ0n) is 6.94. The third kappa shape index (κ3) is 2.77. The summed E-state index contributed by atoms with van der Waals surface area (Å²) in [6, 6.07) is 0. The molecule has 0 saturated carbocycles. The summed E-state index contributed by atoms with van der Waals surface area (Å²) >= 11 is 0. The van der Waals surface area contributed by atoms with Crippen molar-refractivity contribution in [1.29, 1.82) is 0 Å². The van der Waals surface area contributed by atoms with E-state index in [2.05, 4.69) is 15.8 Å². The summed E-state index contributed by atoms with van der Waals surface area (Å²) in [6.45, 7) is 4.81. The van der Waals surface area contributed by atoms with Crippen LogP contribution in [0.15, 0.2) is 11.9 Å². The molecular formula is C6H11O5P. The number of rotatable bonds is 4. The number of hydrogen-bond acceptors (Lipinski definition) is 4. The molecule has 0 radical (unpaired) electrons. The smallest absolute Gasteiger partial charge is 0.365 e. The summed E-state index contributed by atoms with van der Waals surface area (Å²) < 4.78 is 19.6. The molecule has 6 heteroatoms. The molecule has 0 aromatic carbocycles. The van der Waals surface area contributed by atoms with Gasteiger partial charge in [0.15, 0.2) is 0 Å². The lowest BCUT2D eigenvalue weighted by molar-refractivity contribution is -0.137. The highest BCUT2D eigenvalue weighted by molar-refractivity contribution is 7.58. The molecule has 0 amide bonds. The lowest BCUT2D eigenvalue weighted by atomic mass is 10.6. The van der Waals surface area contributed by atoms with Gasteiger partial charge in [0.25, 0.3) is 0 Å². The summed E-state index contributed by atoms with van der Waals surface area (Å²) in [5.74, 6) is -0.912. The minimum Gasteiger partial charge on any atom is -0.462 e. The van der Waals surface area contributed by atoms with E-state index in [1.165, 1.54) is 0 Å². The Morgan fingerprint density at radius 2 is 2.17 bits per heavy atom. The molecule has 5 nitrogen and oxygen atoms in total. The Hall–Kier alpha value is -0.640. The van der Waals surface area contributed by atoms with E-state index in [9.17, 15) is 9.36 Å². The number of carbonyl (C=O) groups excluding carboxylic acids is 1. The van der Waals surface area contributed by atoms with Crippen LogP contribution in [-0.4, -0.2) is 24.6 Å². The molecule has 0 heterocycles. The van der Waals surface area contributed by atoms with Crippen molar-refractivity contribution in [2.24, 2.45) is 0 Å². The predicted molar refractivity (Wildman–Crippen MR) is 42.6 cm³/mol. The predicted octanol–water partition coefficient (Wildman–Crippen LogP) is 0.895. The van der Waals surface area contributed by atoms with Gasteiger partial charge in [-0.1, -0.05) is 6.58 Å². The Labute approximate surface area is 70.5 Å². The second-order valence-electron chi connectivity index (χ2n) is 1.87. The molecule has 70 valence electrons. The van der Waals surface area contributed by atoms with Gasteiger partial charge in [0.2, 0.25) is 0 Å². The summed E-state index contributed by atoms with van der Waals surface area (Å²) in [7, 11) is -3.00. The first-order valence-electron chi connectivity index (χ1n) is 3.20. The van der Waals surface area contributed by atoms with Gasteiger partial charge in [0, 0.05) is 7.11 Å². The van der Waals surface area contributed by atoms with Crippen LogP contribution in [0, 0.1) is 0 Å². The molecular weight excluding hydrogens is 183 g/mol. The zero-order chi connectivity index (χ0) is 9.78. The van der Waals surface area contributed by atoms with Crippen molar-refractivity contribution in [3.8, 4) is 0 Å². The van der Waals surface area contributed by atoms with Crippen molar-refractivity contribution in [2.75, 3.05) is 13.7 Å². The molecule has 0 rings (SSSR count). The second-order valence-corrected chi connectivity index (χ2v) is 3.82. The minimum atomic E-state index is -4.02. The molecule has 0 aromatic heterocycles. The third-order valence-electron chi connectivity index (χ3n) is 1.10. The average molecular weight is 194 g/mol. The highest BCUT2D eigenvalue weighted by Crippen LogP contribution is 2.49. The quantitative estimate of drug-likeness (QED) is 0.408. The maximum Gasteiger partial charge on any atom is 0.365 e. The molecule has 0 aliphatic rings. The van der Waals surface area contributed by atoms with E-state index in [-0.39, 0.29) is 6.61 Å². The first-order chi connectivity index (χ1) is 5.45. The molecule has 12 heavy (non-hydrogen) atoms. The average Bonchev–Trinajstić information content (AvgIpc) is 2.03. The van der Waals surface area contributed by atoms with Crippen LogP contribution in [0.2, 0.25) is 0 Å². The Bertz CT molecular complexity index is 234. The lowest BCUT2D eigenvalue weighted by Gasteiger charge is -2.09. The highest BCUT2D eigenvalue weighted by Gasteiger charge is 2.29. The van der Waals surface area contributed by atoms with E-state index >= 15 is 0 Å². The Kier molecular flexibility index (Phi) is 4.17. The van der Waals surface area contributed by atoms with Crippen LogP contribution in [0.1, 0.15) is 6.92 Å². The Morgan fingerprint density at radius 1 is 1.67 bits per heavy atom. The molecule has 0 aliphatic carbocycles. The summed E-state index contributed by atoms with van der Waals surface area (Å²) in [6.07, 6.45) is 0. The van der Waals surface area contributed by atoms with Crippen LogP contribution in [0.3, 0.4) is 0 Å². The van der Waals surface area contributed by atoms with Crippen molar-refractivity contribution in [1.82, 2.24) is 0 Å². The van der Waals surface area contributed by atoms with Gasteiger partial charge in [-0.15, -0.1) is 0 Å². The zero-order valence-corrected chi connectivity index (χ0v) is 7.84. The van der Waals surface area contributed by atoms with Crippen molar-refractivity contribution in [2.45, 2.75) is 6.92 Å². The van der Waals surface area contributed by atoms with Crippen LogP contribution in [0.25, 0.3) is 0 Å². The summed E-state index contributed by atoms with van der Waals surface area (Å²) in [4.78, 5) is 19.7. The molecule has 1 unspecified atom stereocenters. The third-order valence-corrected chi connectivity index (χ3v) is 2.46. The normalized spacial score (nSPS) is 14.9. The standard InChI is InChI=1S/C6H11O5P/c1-4-11-6(7)5(2)12(8,9)10-3/h2,4H2,1,3H3,(H,8,9). The maximum absolute atomic E-state index is 10.9. The van der Waals surface area contributed by atoms with Crippen LogP contribution < -0.4 is 0 Å². The monoisotopic (exact) mass is 194 g/mol. The summed E-state index contributed by atoms with van der Waals surface area (Å²) in [5.41, 5.74) is 0. The van der Waals surface area contributed by atoms with E-state index < -0.39 is 18.9 Å². The van der Waals surface area contributed by atoms with E-state index in [0.29, 0.717) is 0 Å². The van der Waals surface area contributed by atoms with Gasteiger partial charge in [0.05, 0.1) is 6.61 Å². The van der Waals surface area contributed by atoms with Crippen LogP contribution in [0.5, 0.6) is 0 Å². The number of carbonyl (C=O) groups is 1. The van der Waals surface area contributed by atoms with Gasteiger partial charge < -0.3 is 14.2 Å². The number of hydrogen-bond donors (Lipinski definition) is 1.